The van der Waals surface area contributed by atoms with Crippen LogP contribution in [0.4, 0.5) is 0 Å². The van der Waals surface area contributed by atoms with Crippen LogP contribution < -0.4 is 11.1 Å². The minimum absolute atomic E-state index is 0.106. The fourth-order valence-electron chi connectivity index (χ4n) is 3.16. The van der Waals surface area contributed by atoms with Crippen molar-refractivity contribution in [2.75, 3.05) is 34.0 Å². The van der Waals surface area contributed by atoms with E-state index in [2.05, 4.69) is 5.32 Å². The number of ether oxygens (including phenoxy) is 3. The van der Waals surface area contributed by atoms with Gasteiger partial charge >= 0.3 is 23.9 Å². The number of hydrogen-bond acceptors (Lipinski definition) is 9. The number of benzene rings is 1. The van der Waals surface area contributed by atoms with E-state index in [0.29, 0.717) is 47.3 Å². The maximum atomic E-state index is 12.7. The monoisotopic (exact) mass is 510 g/mol. The lowest BCUT2D eigenvalue weighted by atomic mass is 9.80. The van der Waals surface area contributed by atoms with Crippen LogP contribution in [0.3, 0.4) is 0 Å². The van der Waals surface area contributed by atoms with E-state index in [1.54, 1.807) is 31.2 Å². The number of esters is 2. The average Bonchev–Trinajstić information content (AvgIpc) is 2.82. The highest BCUT2D eigenvalue weighted by molar-refractivity contribution is 6.31. The Bertz CT molecular complexity index is 1030. The molecule has 0 saturated carbocycles. The topological polar surface area (TPSA) is 174 Å². The van der Waals surface area contributed by atoms with Crippen LogP contribution in [0.1, 0.15) is 18.4 Å². The predicted molar refractivity (Wildman–Crippen MR) is 125 cm³/mol. The van der Waals surface area contributed by atoms with Gasteiger partial charge in [-0.05, 0) is 18.6 Å². The highest BCUT2D eigenvalue weighted by Gasteiger charge is 2.39. The fourth-order valence-corrected chi connectivity index (χ4v) is 3.41. The van der Waals surface area contributed by atoms with Gasteiger partial charge in [0.2, 0.25) is 0 Å². The number of carboxylic acids is 2. The van der Waals surface area contributed by atoms with Crippen LogP contribution in [-0.2, 0) is 33.4 Å². The molecule has 1 unspecified atom stereocenters. The zero-order valence-corrected chi connectivity index (χ0v) is 20.1. The molecule has 1 aromatic carbocycles. The van der Waals surface area contributed by atoms with E-state index >= 15 is 0 Å². The highest BCUT2D eigenvalue weighted by atomic mass is 35.5. The number of carbonyl (C=O) groups excluding carboxylic acids is 2. The molecule has 0 bridgehead atoms. The van der Waals surface area contributed by atoms with Crippen molar-refractivity contribution in [3.8, 4) is 0 Å². The van der Waals surface area contributed by atoms with Gasteiger partial charge in [-0.25, -0.2) is 19.2 Å². The van der Waals surface area contributed by atoms with E-state index in [0.717, 1.165) is 0 Å². The van der Waals surface area contributed by atoms with Crippen LogP contribution in [0.15, 0.2) is 59.0 Å². The Balaban J connectivity index is 0.000000658. The molecule has 1 aromatic rings. The van der Waals surface area contributed by atoms with Crippen LogP contribution >= 0.6 is 11.6 Å². The number of carboxylic acid groups (broad SMARTS) is 2. The van der Waals surface area contributed by atoms with Crippen molar-refractivity contribution >= 4 is 35.5 Å². The molecule has 0 radical (unpaired) electrons. The predicted octanol–water partition coefficient (Wildman–Crippen LogP) is 1.59. The summed E-state index contributed by atoms with van der Waals surface area (Å²) < 4.78 is 15.4. The summed E-state index contributed by atoms with van der Waals surface area (Å²) in [7, 11) is 2.56. The molecule has 0 spiro atoms. The van der Waals surface area contributed by atoms with Crippen molar-refractivity contribution in [3.63, 3.8) is 0 Å². The van der Waals surface area contributed by atoms with E-state index in [1.807, 2.05) is 0 Å². The number of dihydropyridines is 1. The Morgan fingerprint density at radius 1 is 1.03 bits per heavy atom. The maximum absolute atomic E-state index is 12.7. The van der Waals surface area contributed by atoms with Crippen molar-refractivity contribution in [1.82, 2.24) is 5.32 Å². The number of allylic oxidation sites excluding steroid dienone is 1. The first kappa shape index (κ1) is 29.4. The van der Waals surface area contributed by atoms with Gasteiger partial charge in [-0.15, -0.1) is 0 Å². The standard InChI is InChI=1S/C19H23ClN2O5.C4H4O4/c1-11-15(18(23)25-2)16(12-6-4-5-7-13(12)20)17(19(24)26-3)14(22-11)10-27-9-8-21;5-3(6)1-2-4(7)8/h4-7,16,22H,8-10,21H2,1-3H3;1-2H,(H,5,6)(H,7,8)/b;2-1+. The third-order valence-corrected chi connectivity index (χ3v) is 4.89. The molecule has 1 atom stereocenters. The second-order valence-electron chi connectivity index (χ2n) is 6.84. The molecule has 0 aromatic heterocycles. The summed E-state index contributed by atoms with van der Waals surface area (Å²) in [5, 5.41) is 19.1. The summed E-state index contributed by atoms with van der Waals surface area (Å²) in [5.41, 5.74) is 7.63. The Kier molecular flexibility index (Phi) is 12.2. The van der Waals surface area contributed by atoms with Gasteiger partial charge in [-0.3, -0.25) is 0 Å². The number of halogens is 1. The summed E-state index contributed by atoms with van der Waals surface area (Å²) in [6, 6.07) is 7.01. The zero-order chi connectivity index (χ0) is 26.5. The summed E-state index contributed by atoms with van der Waals surface area (Å²) in [6.07, 6.45) is 1.12. The lowest BCUT2D eigenvalue weighted by Crippen LogP contribution is -2.34. The number of rotatable bonds is 9. The first-order valence-electron chi connectivity index (χ1n) is 10.1. The maximum Gasteiger partial charge on any atom is 0.336 e. The molecule has 0 amide bonds. The van der Waals surface area contributed by atoms with Gasteiger partial charge in [0.1, 0.15) is 0 Å². The van der Waals surface area contributed by atoms with Gasteiger partial charge in [0, 0.05) is 29.4 Å². The Morgan fingerprint density at radius 3 is 2.06 bits per heavy atom. The van der Waals surface area contributed by atoms with Crippen molar-refractivity contribution in [1.29, 1.82) is 0 Å². The van der Waals surface area contributed by atoms with Crippen LogP contribution in [0.25, 0.3) is 0 Å². The molecule has 11 nitrogen and oxygen atoms in total. The molecule has 12 heteroatoms. The number of nitrogens with two attached hydrogens (primary N) is 1. The Morgan fingerprint density at radius 2 is 1.57 bits per heavy atom. The molecular formula is C23H27ClN2O9. The Hall–Kier alpha value is -3.67. The summed E-state index contributed by atoms with van der Waals surface area (Å²) in [4.78, 5) is 44.3. The SMILES string of the molecule is COC(=O)C1=C(C)NC(COCCN)=C(C(=O)OC)C1c1ccccc1Cl.O=C(O)/C=C/C(=O)O. The van der Waals surface area contributed by atoms with Gasteiger partial charge in [0.25, 0.3) is 0 Å². The highest BCUT2D eigenvalue weighted by Crippen LogP contribution is 2.41. The first-order valence-corrected chi connectivity index (χ1v) is 10.5. The molecule has 1 heterocycles. The van der Waals surface area contributed by atoms with Crippen molar-refractivity contribution in [2.24, 2.45) is 5.73 Å². The smallest absolute Gasteiger partial charge is 0.336 e. The van der Waals surface area contributed by atoms with Crippen LogP contribution in [0, 0.1) is 0 Å². The molecule has 0 aliphatic carbocycles. The summed E-state index contributed by atoms with van der Waals surface area (Å²) >= 11 is 6.39. The van der Waals surface area contributed by atoms with Crippen molar-refractivity contribution in [2.45, 2.75) is 12.8 Å². The van der Waals surface area contributed by atoms with Gasteiger partial charge in [0.05, 0.1) is 50.2 Å². The van der Waals surface area contributed by atoms with E-state index in [1.165, 1.54) is 14.2 Å². The van der Waals surface area contributed by atoms with Crippen molar-refractivity contribution in [3.05, 3.63) is 69.5 Å². The van der Waals surface area contributed by atoms with Crippen molar-refractivity contribution < 1.29 is 43.6 Å². The molecule has 190 valence electrons. The number of hydrogen-bond donors (Lipinski definition) is 4. The molecule has 2 rings (SSSR count). The molecule has 0 fully saturated rings. The van der Waals surface area contributed by atoms with E-state index in [4.69, 9.17) is 41.8 Å². The average molecular weight is 511 g/mol. The molecule has 1 aliphatic rings. The molecular weight excluding hydrogens is 484 g/mol. The lowest BCUT2D eigenvalue weighted by Gasteiger charge is -2.31. The number of nitrogens with one attached hydrogen (secondary N) is 1. The third kappa shape index (κ3) is 8.56. The second kappa shape index (κ2) is 14.6. The van der Waals surface area contributed by atoms with Gasteiger partial charge in [0.15, 0.2) is 0 Å². The molecule has 1 aliphatic heterocycles. The molecule has 0 saturated heterocycles. The molecule has 35 heavy (non-hydrogen) atoms. The van der Waals surface area contributed by atoms with E-state index in [9.17, 15) is 19.2 Å². The lowest BCUT2D eigenvalue weighted by molar-refractivity contribution is -0.137. The van der Waals surface area contributed by atoms with Crippen LogP contribution in [-0.4, -0.2) is 68.1 Å². The van der Waals surface area contributed by atoms with Crippen LogP contribution in [0.5, 0.6) is 0 Å². The third-order valence-electron chi connectivity index (χ3n) is 4.55. The number of aliphatic carboxylic acids is 2. The van der Waals surface area contributed by atoms with E-state index < -0.39 is 29.8 Å². The van der Waals surface area contributed by atoms with Gasteiger partial charge in [-0.2, -0.15) is 0 Å². The largest absolute Gasteiger partial charge is 0.478 e. The van der Waals surface area contributed by atoms with Crippen LogP contribution in [0.2, 0.25) is 5.02 Å². The second-order valence-corrected chi connectivity index (χ2v) is 7.25. The zero-order valence-electron chi connectivity index (χ0n) is 19.4. The normalized spacial score (nSPS) is 15.2. The first-order chi connectivity index (χ1) is 16.6. The number of methoxy groups -OCH3 is 2. The van der Waals surface area contributed by atoms with Gasteiger partial charge < -0.3 is 35.5 Å². The molecule has 5 N–H and O–H groups in total. The fraction of sp³-hybridized carbons (Fsp3) is 0.304. The quantitative estimate of drug-likeness (QED) is 0.215. The minimum atomic E-state index is -1.26. The summed E-state index contributed by atoms with van der Waals surface area (Å²) in [5.74, 6) is -4.42. The minimum Gasteiger partial charge on any atom is -0.478 e. The van der Waals surface area contributed by atoms with Gasteiger partial charge in [-0.1, -0.05) is 29.8 Å². The number of carbonyl (C=O) groups is 4. The summed E-state index contributed by atoms with van der Waals surface area (Å²) in [6.45, 7) is 2.50. The Labute approximate surface area is 206 Å². The van der Waals surface area contributed by atoms with E-state index in [-0.39, 0.29) is 17.8 Å².